The highest BCUT2D eigenvalue weighted by Crippen LogP contribution is 2.48. The monoisotopic (exact) mass is 551 g/mol. The number of hydrogen-bond donors (Lipinski definition) is 2. The van der Waals surface area contributed by atoms with Gasteiger partial charge in [-0.2, -0.15) is 8.42 Å². The molecule has 1 amide bonds. The molecule has 0 radical (unpaired) electrons. The number of para-hydroxylation sites is 1. The highest BCUT2D eigenvalue weighted by Gasteiger charge is 2.40. The summed E-state index contributed by atoms with van der Waals surface area (Å²) in [5, 5.41) is 2.90. The molecule has 3 aromatic rings. The second kappa shape index (κ2) is 9.77. The lowest BCUT2D eigenvalue weighted by Crippen LogP contribution is -2.52. The van der Waals surface area contributed by atoms with Crippen LogP contribution in [-0.2, 0) is 14.9 Å². The van der Waals surface area contributed by atoms with Crippen LogP contribution in [-0.4, -0.2) is 46.4 Å². The van der Waals surface area contributed by atoms with Gasteiger partial charge in [0, 0.05) is 29.8 Å². The van der Waals surface area contributed by atoms with Crippen molar-refractivity contribution in [2.75, 3.05) is 31.5 Å². The number of nitrogens with zero attached hydrogens (tertiary/aromatic N) is 1. The molecular weight excluding hydrogens is 518 g/mol. The van der Waals surface area contributed by atoms with Crippen molar-refractivity contribution < 1.29 is 26.9 Å². The summed E-state index contributed by atoms with van der Waals surface area (Å²) in [6, 6.07) is 15.6. The molecule has 1 atom stereocenters. The van der Waals surface area contributed by atoms with Gasteiger partial charge in [-0.1, -0.05) is 24.3 Å². The summed E-state index contributed by atoms with van der Waals surface area (Å²) < 4.78 is 41.5. The zero-order chi connectivity index (χ0) is 28.1. The van der Waals surface area contributed by atoms with Gasteiger partial charge in [-0.3, -0.25) is 4.79 Å². The smallest absolute Gasteiger partial charge is 0.312 e. The van der Waals surface area contributed by atoms with E-state index >= 15 is 0 Å². The van der Waals surface area contributed by atoms with Gasteiger partial charge < -0.3 is 29.6 Å². The Morgan fingerprint density at radius 3 is 2.33 bits per heavy atom. The molecular formula is C29H33N3O6S. The average molecular weight is 552 g/mol. The van der Waals surface area contributed by atoms with Gasteiger partial charge in [0.05, 0.1) is 36.9 Å². The minimum Gasteiger partial charge on any atom is -0.496 e. The van der Waals surface area contributed by atoms with Gasteiger partial charge in [0.2, 0.25) is 0 Å². The maximum absolute atomic E-state index is 13.4. The molecule has 3 N–H and O–H groups in total. The fourth-order valence-corrected chi connectivity index (χ4v) is 6.34. The number of methoxy groups -OCH3 is 2. The van der Waals surface area contributed by atoms with Crippen molar-refractivity contribution in [1.29, 1.82) is 0 Å². The Balaban J connectivity index is 1.71. The normalized spacial score (nSPS) is 17.2. The number of fused-ring (bicyclic) bond motifs is 1. The van der Waals surface area contributed by atoms with Crippen molar-refractivity contribution in [2.24, 2.45) is 5.73 Å². The van der Waals surface area contributed by atoms with E-state index in [1.807, 2.05) is 50.2 Å². The van der Waals surface area contributed by atoms with Crippen molar-refractivity contribution >= 4 is 27.4 Å². The minimum atomic E-state index is -3.69. The Morgan fingerprint density at radius 1 is 1.00 bits per heavy atom. The third-order valence-electron chi connectivity index (χ3n) is 7.23. The van der Waals surface area contributed by atoms with Gasteiger partial charge in [0.25, 0.3) is 5.91 Å². The SMILES string of the molecule is COc1cc(OS(=O)(=O)C2CC2)ccc1-c1ccc2c(c1C(N)c1ccccc1OC)N(C)C(=O)C(C)(C)N2. The molecule has 3 aromatic carbocycles. The fourth-order valence-electron chi connectivity index (χ4n) is 5.11. The standard InChI is InChI=1S/C29H33N3O6S/c1-29(2)28(33)32(3)27-22(31-29)15-14-20(25(27)26(30)21-8-6-7-9-23(21)36-4)19-13-10-17(16-24(19)37-5)38-39(34,35)18-11-12-18/h6-10,13-16,18,26,31H,11-12,30H2,1-5H3. The van der Waals surface area contributed by atoms with E-state index in [2.05, 4.69) is 5.32 Å². The number of hydrogen-bond acceptors (Lipinski definition) is 8. The maximum atomic E-state index is 13.4. The number of nitrogens with two attached hydrogens (primary N) is 1. The van der Waals surface area contributed by atoms with Crippen LogP contribution in [0.3, 0.4) is 0 Å². The first kappa shape index (κ1) is 26.8. The molecule has 1 aliphatic heterocycles. The van der Waals surface area contributed by atoms with E-state index in [0.29, 0.717) is 41.2 Å². The summed E-state index contributed by atoms with van der Waals surface area (Å²) in [5.41, 5.74) is 10.4. The molecule has 10 heteroatoms. The molecule has 5 rings (SSSR count). The topological polar surface area (TPSA) is 120 Å². The van der Waals surface area contributed by atoms with E-state index in [0.717, 1.165) is 16.8 Å². The second-order valence-corrected chi connectivity index (χ2v) is 12.2. The summed E-state index contributed by atoms with van der Waals surface area (Å²) in [6.45, 7) is 3.67. The van der Waals surface area contributed by atoms with Gasteiger partial charge in [-0.05, 0) is 56.5 Å². The minimum absolute atomic E-state index is 0.110. The summed E-state index contributed by atoms with van der Waals surface area (Å²) >= 11 is 0. The van der Waals surface area contributed by atoms with Crippen LogP contribution in [0.4, 0.5) is 11.4 Å². The molecule has 2 aliphatic rings. The first-order chi connectivity index (χ1) is 18.5. The van der Waals surface area contributed by atoms with Gasteiger partial charge in [-0.15, -0.1) is 0 Å². The van der Waals surface area contributed by atoms with Crippen LogP contribution >= 0.6 is 0 Å². The number of nitrogens with one attached hydrogen (secondary N) is 1. The summed E-state index contributed by atoms with van der Waals surface area (Å²) in [7, 11) is 1.15. The second-order valence-electron chi connectivity index (χ2n) is 10.4. The molecule has 0 spiro atoms. The van der Waals surface area contributed by atoms with Gasteiger partial charge >= 0.3 is 10.1 Å². The number of carbonyl (C=O) groups is 1. The fraction of sp³-hybridized carbons (Fsp3) is 0.345. The van der Waals surface area contributed by atoms with Crippen LogP contribution in [0.25, 0.3) is 11.1 Å². The van der Waals surface area contributed by atoms with Crippen molar-refractivity contribution in [3.8, 4) is 28.4 Å². The Labute approximate surface area is 229 Å². The van der Waals surface area contributed by atoms with Crippen molar-refractivity contribution in [1.82, 2.24) is 0 Å². The number of ether oxygens (including phenoxy) is 2. The number of rotatable bonds is 8. The predicted octanol–water partition coefficient (Wildman–Crippen LogP) is 4.46. The quantitative estimate of drug-likeness (QED) is 0.394. The molecule has 1 heterocycles. The molecule has 1 unspecified atom stereocenters. The number of amides is 1. The van der Waals surface area contributed by atoms with Crippen LogP contribution < -0.4 is 29.6 Å². The van der Waals surface area contributed by atoms with Gasteiger partial charge in [0.1, 0.15) is 22.8 Å². The van der Waals surface area contributed by atoms with E-state index < -0.39 is 26.9 Å². The Bertz CT molecular complexity index is 1550. The van der Waals surface area contributed by atoms with Crippen molar-refractivity contribution in [3.63, 3.8) is 0 Å². The first-order valence-corrected chi connectivity index (χ1v) is 14.2. The van der Waals surface area contributed by atoms with Crippen molar-refractivity contribution in [3.05, 3.63) is 65.7 Å². The molecule has 39 heavy (non-hydrogen) atoms. The van der Waals surface area contributed by atoms with E-state index in [4.69, 9.17) is 19.4 Å². The summed E-state index contributed by atoms with van der Waals surface area (Å²) in [4.78, 5) is 15.0. The summed E-state index contributed by atoms with van der Waals surface area (Å²) in [6.07, 6.45) is 1.21. The third kappa shape index (κ3) is 4.79. The van der Waals surface area contributed by atoms with Gasteiger partial charge in [-0.25, -0.2) is 0 Å². The van der Waals surface area contributed by atoms with E-state index in [1.54, 1.807) is 37.3 Å². The molecule has 0 bridgehead atoms. The van der Waals surface area contributed by atoms with Crippen LogP contribution in [0.2, 0.25) is 0 Å². The molecule has 0 saturated heterocycles. The molecule has 0 aromatic heterocycles. The highest BCUT2D eigenvalue weighted by atomic mass is 32.2. The van der Waals surface area contributed by atoms with E-state index in [1.165, 1.54) is 7.11 Å². The lowest BCUT2D eigenvalue weighted by atomic mass is 9.86. The predicted molar refractivity (Wildman–Crippen MR) is 151 cm³/mol. The third-order valence-corrected chi connectivity index (χ3v) is 8.94. The Morgan fingerprint density at radius 2 is 1.67 bits per heavy atom. The Kier molecular flexibility index (Phi) is 6.72. The zero-order valence-electron chi connectivity index (χ0n) is 22.6. The number of anilines is 2. The van der Waals surface area contributed by atoms with Crippen LogP contribution in [0.5, 0.6) is 17.2 Å². The first-order valence-electron chi connectivity index (χ1n) is 12.7. The number of carbonyl (C=O) groups excluding carboxylic acids is 1. The Hall–Kier alpha value is -3.76. The molecule has 1 saturated carbocycles. The number of benzene rings is 3. The van der Waals surface area contributed by atoms with Crippen LogP contribution in [0.1, 0.15) is 43.9 Å². The van der Waals surface area contributed by atoms with Crippen molar-refractivity contribution in [2.45, 2.75) is 43.5 Å². The summed E-state index contributed by atoms with van der Waals surface area (Å²) in [5.74, 6) is 1.09. The lowest BCUT2D eigenvalue weighted by Gasteiger charge is -2.40. The van der Waals surface area contributed by atoms with E-state index in [-0.39, 0.29) is 11.7 Å². The van der Waals surface area contributed by atoms with E-state index in [9.17, 15) is 13.2 Å². The molecule has 1 fully saturated rings. The molecule has 9 nitrogen and oxygen atoms in total. The van der Waals surface area contributed by atoms with Crippen LogP contribution in [0, 0.1) is 0 Å². The number of likely N-dealkylation sites (N-methyl/N-ethyl adjacent to an activating group) is 1. The molecule has 206 valence electrons. The van der Waals surface area contributed by atoms with Crippen LogP contribution in [0.15, 0.2) is 54.6 Å². The van der Waals surface area contributed by atoms with Gasteiger partial charge in [0.15, 0.2) is 0 Å². The highest BCUT2D eigenvalue weighted by molar-refractivity contribution is 7.88. The lowest BCUT2D eigenvalue weighted by molar-refractivity contribution is -0.121. The average Bonchev–Trinajstić information content (AvgIpc) is 3.77. The molecule has 1 aliphatic carbocycles. The zero-order valence-corrected chi connectivity index (χ0v) is 23.5. The largest absolute Gasteiger partial charge is 0.496 e. The maximum Gasteiger partial charge on any atom is 0.312 e.